The molecule has 1 saturated heterocycles. The van der Waals surface area contributed by atoms with Crippen LogP contribution in [0.1, 0.15) is 51.8 Å². The number of aromatic nitrogens is 1. The van der Waals surface area contributed by atoms with Crippen molar-refractivity contribution in [2.45, 2.75) is 51.6 Å². The first kappa shape index (κ1) is 19.2. The molecule has 1 aromatic heterocycles. The first-order valence-electron chi connectivity index (χ1n) is 9.42. The summed E-state index contributed by atoms with van der Waals surface area (Å²) in [6, 6.07) is 7.74. The number of rotatable bonds is 4. The molecule has 2 aromatic rings. The molecule has 0 radical (unpaired) electrons. The molecule has 27 heavy (non-hydrogen) atoms. The predicted molar refractivity (Wildman–Crippen MR) is 101 cm³/mol. The molecule has 0 aliphatic carbocycles. The van der Waals surface area contributed by atoms with E-state index in [4.69, 9.17) is 9.15 Å². The second kappa shape index (κ2) is 7.98. The topological polar surface area (TPSA) is 84.7 Å². The zero-order valence-electron chi connectivity index (χ0n) is 16.2. The van der Waals surface area contributed by atoms with Gasteiger partial charge in [0.2, 0.25) is 5.91 Å². The molecule has 1 aromatic carbocycles. The van der Waals surface area contributed by atoms with E-state index >= 15 is 0 Å². The fourth-order valence-corrected chi connectivity index (χ4v) is 3.18. The van der Waals surface area contributed by atoms with Crippen LogP contribution in [-0.4, -0.2) is 47.1 Å². The van der Waals surface area contributed by atoms with Crippen molar-refractivity contribution < 1.29 is 18.7 Å². The van der Waals surface area contributed by atoms with E-state index in [-0.39, 0.29) is 24.8 Å². The third kappa shape index (κ3) is 5.21. The van der Waals surface area contributed by atoms with E-state index in [9.17, 15) is 9.59 Å². The molecule has 0 atom stereocenters. The Balaban J connectivity index is 1.43. The van der Waals surface area contributed by atoms with Gasteiger partial charge in [0.15, 0.2) is 11.5 Å². The summed E-state index contributed by atoms with van der Waals surface area (Å²) < 4.78 is 11.0. The number of carbonyl (C=O) groups excluding carboxylic acids is 2. The summed E-state index contributed by atoms with van der Waals surface area (Å²) in [6.45, 7) is 7.04. The fourth-order valence-electron chi connectivity index (χ4n) is 3.18. The van der Waals surface area contributed by atoms with Crippen LogP contribution in [0, 0.1) is 0 Å². The lowest BCUT2D eigenvalue weighted by Crippen LogP contribution is -2.40. The lowest BCUT2D eigenvalue weighted by Gasteiger charge is -2.30. The van der Waals surface area contributed by atoms with Crippen LogP contribution >= 0.6 is 0 Å². The number of alkyl carbamates (subject to hydrolysis) is 1. The summed E-state index contributed by atoms with van der Waals surface area (Å²) in [5.74, 6) is 1.04. The lowest BCUT2D eigenvalue weighted by molar-refractivity contribution is -0.132. The smallest absolute Gasteiger partial charge is 0.407 e. The Bertz CT molecular complexity index is 768. The van der Waals surface area contributed by atoms with E-state index in [2.05, 4.69) is 10.3 Å². The summed E-state index contributed by atoms with van der Waals surface area (Å²) in [6.07, 6.45) is 1.44. The summed E-state index contributed by atoms with van der Waals surface area (Å²) in [4.78, 5) is 30.4. The molecule has 0 bridgehead atoms. The average molecular weight is 373 g/mol. The van der Waals surface area contributed by atoms with Crippen LogP contribution in [0.15, 0.2) is 28.7 Å². The molecule has 0 saturated carbocycles. The molecule has 1 aliphatic rings. The zero-order valence-corrected chi connectivity index (χ0v) is 16.2. The number of benzene rings is 1. The number of oxazole rings is 1. The first-order chi connectivity index (χ1) is 12.8. The molecular weight excluding hydrogens is 346 g/mol. The third-order valence-electron chi connectivity index (χ3n) is 4.51. The van der Waals surface area contributed by atoms with Crippen LogP contribution in [0.2, 0.25) is 0 Å². The monoisotopic (exact) mass is 373 g/mol. The number of amides is 2. The van der Waals surface area contributed by atoms with Crippen molar-refractivity contribution in [3.63, 3.8) is 0 Å². The van der Waals surface area contributed by atoms with Crippen LogP contribution in [0.5, 0.6) is 0 Å². The molecule has 3 rings (SSSR count). The van der Waals surface area contributed by atoms with Crippen LogP contribution in [-0.2, 0) is 9.53 Å². The normalized spacial score (nSPS) is 15.7. The van der Waals surface area contributed by atoms with Gasteiger partial charge in [-0.15, -0.1) is 0 Å². The molecule has 1 aliphatic heterocycles. The Labute approximate surface area is 159 Å². The predicted octanol–water partition coefficient (Wildman–Crippen LogP) is 3.45. The number of hydrogen-bond acceptors (Lipinski definition) is 5. The SMILES string of the molecule is CC(C)(C)OC(=O)NCCC(=O)N1CCC(c2nc3ccccc3o2)CC1. The molecule has 1 fully saturated rings. The molecule has 0 unspecified atom stereocenters. The molecular formula is C20H27N3O4. The van der Waals surface area contributed by atoms with Gasteiger partial charge in [0, 0.05) is 32.0 Å². The van der Waals surface area contributed by atoms with Gasteiger partial charge in [-0.05, 0) is 45.7 Å². The maximum absolute atomic E-state index is 12.3. The van der Waals surface area contributed by atoms with E-state index in [1.165, 1.54) is 0 Å². The van der Waals surface area contributed by atoms with Crippen molar-refractivity contribution in [3.05, 3.63) is 30.2 Å². The second-order valence-electron chi connectivity index (χ2n) is 7.85. The standard InChI is InChI=1S/C20H27N3O4/c1-20(2,3)27-19(25)21-11-8-17(24)23-12-9-14(10-13-23)18-22-15-6-4-5-7-16(15)26-18/h4-7,14H,8-13H2,1-3H3,(H,21,25). The highest BCUT2D eigenvalue weighted by Crippen LogP contribution is 2.30. The largest absolute Gasteiger partial charge is 0.444 e. The maximum atomic E-state index is 12.3. The molecule has 146 valence electrons. The van der Waals surface area contributed by atoms with Crippen LogP contribution < -0.4 is 5.32 Å². The van der Waals surface area contributed by atoms with Crippen molar-refractivity contribution in [2.24, 2.45) is 0 Å². The van der Waals surface area contributed by atoms with Crippen molar-refractivity contribution in [2.75, 3.05) is 19.6 Å². The van der Waals surface area contributed by atoms with E-state index in [1.807, 2.05) is 29.2 Å². The van der Waals surface area contributed by atoms with Gasteiger partial charge in [0.05, 0.1) is 0 Å². The van der Waals surface area contributed by atoms with Gasteiger partial charge in [-0.25, -0.2) is 9.78 Å². The van der Waals surface area contributed by atoms with Gasteiger partial charge < -0.3 is 19.4 Å². The summed E-state index contributed by atoms with van der Waals surface area (Å²) >= 11 is 0. The number of piperidine rings is 1. The van der Waals surface area contributed by atoms with Gasteiger partial charge in [0.25, 0.3) is 0 Å². The van der Waals surface area contributed by atoms with Crippen molar-refractivity contribution in [1.82, 2.24) is 15.2 Å². The quantitative estimate of drug-likeness (QED) is 0.887. The molecule has 1 N–H and O–H groups in total. The van der Waals surface area contributed by atoms with Gasteiger partial charge in [-0.1, -0.05) is 12.1 Å². The minimum absolute atomic E-state index is 0.0436. The van der Waals surface area contributed by atoms with Crippen molar-refractivity contribution in [3.8, 4) is 0 Å². The van der Waals surface area contributed by atoms with Gasteiger partial charge in [0.1, 0.15) is 11.1 Å². The summed E-state index contributed by atoms with van der Waals surface area (Å²) in [5.41, 5.74) is 1.14. The minimum atomic E-state index is -0.541. The minimum Gasteiger partial charge on any atom is -0.444 e. The summed E-state index contributed by atoms with van der Waals surface area (Å²) in [5, 5.41) is 2.63. The zero-order chi connectivity index (χ0) is 19.4. The Hall–Kier alpha value is -2.57. The van der Waals surface area contributed by atoms with Gasteiger partial charge in [-0.3, -0.25) is 4.79 Å². The highest BCUT2D eigenvalue weighted by Gasteiger charge is 2.27. The fraction of sp³-hybridized carbons (Fsp3) is 0.550. The summed E-state index contributed by atoms with van der Waals surface area (Å²) in [7, 11) is 0. The van der Waals surface area contributed by atoms with Crippen LogP contribution in [0.4, 0.5) is 4.79 Å². The van der Waals surface area contributed by atoms with E-state index in [0.29, 0.717) is 13.1 Å². The number of likely N-dealkylation sites (tertiary alicyclic amines) is 1. The van der Waals surface area contributed by atoms with Crippen LogP contribution in [0.3, 0.4) is 0 Å². The second-order valence-corrected chi connectivity index (χ2v) is 7.85. The number of para-hydroxylation sites is 2. The average Bonchev–Trinajstić information content (AvgIpc) is 3.04. The van der Waals surface area contributed by atoms with E-state index in [0.717, 1.165) is 29.8 Å². The van der Waals surface area contributed by atoms with E-state index < -0.39 is 11.7 Å². The number of ether oxygens (including phenoxy) is 1. The van der Waals surface area contributed by atoms with Crippen LogP contribution in [0.25, 0.3) is 11.1 Å². The van der Waals surface area contributed by atoms with Gasteiger partial charge in [-0.2, -0.15) is 0 Å². The van der Waals surface area contributed by atoms with Crippen molar-refractivity contribution in [1.29, 1.82) is 0 Å². The number of carbonyl (C=O) groups is 2. The highest BCUT2D eigenvalue weighted by atomic mass is 16.6. The van der Waals surface area contributed by atoms with Crippen molar-refractivity contribution >= 4 is 23.1 Å². The number of fused-ring (bicyclic) bond motifs is 1. The molecule has 0 spiro atoms. The Morgan fingerprint density at radius 1 is 1.26 bits per heavy atom. The Kier molecular flexibility index (Phi) is 5.68. The molecule has 7 heteroatoms. The Morgan fingerprint density at radius 2 is 1.96 bits per heavy atom. The third-order valence-corrected chi connectivity index (χ3v) is 4.51. The molecule has 7 nitrogen and oxygen atoms in total. The van der Waals surface area contributed by atoms with E-state index in [1.54, 1.807) is 20.8 Å². The lowest BCUT2D eigenvalue weighted by atomic mass is 9.96. The molecule has 2 amide bonds. The number of nitrogens with one attached hydrogen (secondary N) is 1. The first-order valence-corrected chi connectivity index (χ1v) is 9.42. The number of hydrogen-bond donors (Lipinski definition) is 1. The van der Waals surface area contributed by atoms with Gasteiger partial charge >= 0.3 is 6.09 Å². The number of nitrogens with zero attached hydrogens (tertiary/aromatic N) is 2. The Morgan fingerprint density at radius 3 is 2.63 bits per heavy atom. The maximum Gasteiger partial charge on any atom is 0.407 e. The highest BCUT2D eigenvalue weighted by molar-refractivity contribution is 5.77. The molecule has 2 heterocycles.